The highest BCUT2D eigenvalue weighted by atomic mass is 16.2. The largest absolute Gasteiger partial charge is 0.342 e. The Morgan fingerprint density at radius 1 is 1.35 bits per heavy atom. The van der Waals surface area contributed by atoms with E-state index in [1.54, 1.807) is 11.1 Å². The Balaban J connectivity index is 1.83. The molecule has 1 N–H and O–H groups in total. The van der Waals surface area contributed by atoms with E-state index in [4.69, 9.17) is 0 Å². The van der Waals surface area contributed by atoms with Crippen molar-refractivity contribution in [1.82, 2.24) is 15.2 Å². The zero-order valence-electron chi connectivity index (χ0n) is 11.6. The van der Waals surface area contributed by atoms with Gasteiger partial charge in [0.1, 0.15) is 12.1 Å². The standard InChI is InChI=1S/C15H19N3O2/c1-2-12-14(19)17-13(10-6-7-10)15(20)18(12)9-11-5-3-4-8-16-11/h3-5,8,10,12-13H,2,6-7,9H2,1H3,(H,17,19). The molecule has 0 bridgehead atoms. The molecular formula is C15H19N3O2. The van der Waals surface area contributed by atoms with Crippen LogP contribution in [0.25, 0.3) is 0 Å². The van der Waals surface area contributed by atoms with Crippen LogP contribution in [0, 0.1) is 5.92 Å². The number of carbonyl (C=O) groups excluding carboxylic acids is 2. The van der Waals surface area contributed by atoms with Gasteiger partial charge in [0.15, 0.2) is 0 Å². The van der Waals surface area contributed by atoms with Crippen LogP contribution in [-0.2, 0) is 16.1 Å². The number of pyridine rings is 1. The number of nitrogens with zero attached hydrogens (tertiary/aromatic N) is 2. The van der Waals surface area contributed by atoms with Gasteiger partial charge in [-0.05, 0) is 37.3 Å². The van der Waals surface area contributed by atoms with E-state index in [9.17, 15) is 9.59 Å². The predicted molar refractivity (Wildman–Crippen MR) is 73.5 cm³/mol. The Morgan fingerprint density at radius 3 is 2.75 bits per heavy atom. The summed E-state index contributed by atoms with van der Waals surface area (Å²) in [6.07, 6.45) is 4.40. The third-order valence-corrected chi connectivity index (χ3v) is 4.06. The van der Waals surface area contributed by atoms with Crippen molar-refractivity contribution in [2.45, 2.75) is 44.8 Å². The number of hydrogen-bond donors (Lipinski definition) is 1. The molecule has 1 aromatic heterocycles. The molecule has 2 unspecified atom stereocenters. The van der Waals surface area contributed by atoms with Crippen LogP contribution >= 0.6 is 0 Å². The molecule has 0 aromatic carbocycles. The molecule has 0 radical (unpaired) electrons. The molecule has 2 aliphatic rings. The average Bonchev–Trinajstić information content (AvgIpc) is 3.28. The number of rotatable bonds is 4. The van der Waals surface area contributed by atoms with Crippen molar-refractivity contribution in [3.63, 3.8) is 0 Å². The van der Waals surface area contributed by atoms with Crippen LogP contribution in [0.2, 0.25) is 0 Å². The van der Waals surface area contributed by atoms with Crippen molar-refractivity contribution in [2.75, 3.05) is 0 Å². The number of amides is 2. The average molecular weight is 273 g/mol. The van der Waals surface area contributed by atoms with E-state index in [1.165, 1.54) is 0 Å². The summed E-state index contributed by atoms with van der Waals surface area (Å²) in [6.45, 7) is 2.34. The second-order valence-corrected chi connectivity index (χ2v) is 5.53. The molecule has 2 heterocycles. The van der Waals surface area contributed by atoms with Crippen LogP contribution in [0.3, 0.4) is 0 Å². The van der Waals surface area contributed by atoms with E-state index in [2.05, 4.69) is 10.3 Å². The topological polar surface area (TPSA) is 62.3 Å². The molecule has 1 aliphatic carbocycles. The van der Waals surface area contributed by atoms with Crippen molar-refractivity contribution >= 4 is 11.8 Å². The summed E-state index contributed by atoms with van der Waals surface area (Å²) < 4.78 is 0. The van der Waals surface area contributed by atoms with Gasteiger partial charge in [0, 0.05) is 6.20 Å². The molecule has 5 nitrogen and oxygen atoms in total. The van der Waals surface area contributed by atoms with Gasteiger partial charge < -0.3 is 10.2 Å². The van der Waals surface area contributed by atoms with Crippen molar-refractivity contribution < 1.29 is 9.59 Å². The molecule has 3 rings (SSSR count). The smallest absolute Gasteiger partial charge is 0.246 e. The summed E-state index contributed by atoms with van der Waals surface area (Å²) in [5, 5.41) is 2.89. The minimum Gasteiger partial charge on any atom is -0.342 e. The van der Waals surface area contributed by atoms with Crippen molar-refractivity contribution in [3.05, 3.63) is 30.1 Å². The zero-order chi connectivity index (χ0) is 14.1. The lowest BCUT2D eigenvalue weighted by Gasteiger charge is -2.38. The lowest BCUT2D eigenvalue weighted by atomic mass is 10.0. The van der Waals surface area contributed by atoms with Crippen LogP contribution in [0.5, 0.6) is 0 Å². The summed E-state index contributed by atoms with van der Waals surface area (Å²) >= 11 is 0. The fourth-order valence-electron chi connectivity index (χ4n) is 2.79. The number of hydrogen-bond acceptors (Lipinski definition) is 3. The lowest BCUT2D eigenvalue weighted by Crippen LogP contribution is -2.63. The molecule has 2 atom stereocenters. The fraction of sp³-hybridized carbons (Fsp3) is 0.533. The van der Waals surface area contributed by atoms with E-state index in [1.807, 2.05) is 25.1 Å². The summed E-state index contributed by atoms with van der Waals surface area (Å²) in [6, 6.07) is 4.93. The Bertz CT molecular complexity index is 513. The number of piperazine rings is 1. The van der Waals surface area contributed by atoms with Gasteiger partial charge in [-0.25, -0.2) is 0 Å². The molecule has 0 spiro atoms. The van der Waals surface area contributed by atoms with E-state index in [0.29, 0.717) is 18.9 Å². The number of aromatic nitrogens is 1. The minimum absolute atomic E-state index is 0.0278. The molecular weight excluding hydrogens is 254 g/mol. The first-order valence-electron chi connectivity index (χ1n) is 7.21. The lowest BCUT2D eigenvalue weighted by molar-refractivity contribution is -0.150. The van der Waals surface area contributed by atoms with E-state index in [0.717, 1.165) is 18.5 Å². The SMILES string of the molecule is CCC1C(=O)NC(C2CC2)C(=O)N1Cc1ccccn1. The summed E-state index contributed by atoms with van der Waals surface area (Å²) in [5.41, 5.74) is 0.823. The van der Waals surface area contributed by atoms with E-state index >= 15 is 0 Å². The zero-order valence-corrected chi connectivity index (χ0v) is 11.6. The minimum atomic E-state index is -0.375. The first-order chi connectivity index (χ1) is 9.70. The van der Waals surface area contributed by atoms with Crippen LogP contribution in [-0.4, -0.2) is 33.8 Å². The maximum absolute atomic E-state index is 12.6. The van der Waals surface area contributed by atoms with Gasteiger partial charge in [-0.2, -0.15) is 0 Å². The van der Waals surface area contributed by atoms with E-state index < -0.39 is 0 Å². The predicted octanol–water partition coefficient (Wildman–Crippen LogP) is 1.10. The molecule has 20 heavy (non-hydrogen) atoms. The third-order valence-electron chi connectivity index (χ3n) is 4.06. The first kappa shape index (κ1) is 13.1. The molecule has 1 aliphatic heterocycles. The molecule has 1 saturated carbocycles. The highest BCUT2D eigenvalue weighted by Crippen LogP contribution is 2.35. The summed E-state index contributed by atoms with van der Waals surface area (Å²) in [7, 11) is 0. The van der Waals surface area contributed by atoms with Crippen molar-refractivity contribution in [3.8, 4) is 0 Å². The second-order valence-electron chi connectivity index (χ2n) is 5.53. The maximum Gasteiger partial charge on any atom is 0.246 e. The maximum atomic E-state index is 12.6. The fourth-order valence-corrected chi connectivity index (χ4v) is 2.79. The van der Waals surface area contributed by atoms with Crippen molar-refractivity contribution in [1.29, 1.82) is 0 Å². The third kappa shape index (κ3) is 2.40. The first-order valence-corrected chi connectivity index (χ1v) is 7.21. The second kappa shape index (κ2) is 5.23. The molecule has 2 amide bonds. The van der Waals surface area contributed by atoms with Gasteiger partial charge in [0.2, 0.25) is 11.8 Å². The quantitative estimate of drug-likeness (QED) is 0.893. The summed E-state index contributed by atoms with van der Waals surface area (Å²) in [4.78, 5) is 30.8. The molecule has 2 fully saturated rings. The Hall–Kier alpha value is -1.91. The Morgan fingerprint density at radius 2 is 2.15 bits per heavy atom. The number of carbonyl (C=O) groups is 2. The van der Waals surface area contributed by atoms with Crippen LogP contribution in [0.15, 0.2) is 24.4 Å². The van der Waals surface area contributed by atoms with Gasteiger partial charge in [0.25, 0.3) is 0 Å². The molecule has 1 saturated heterocycles. The van der Waals surface area contributed by atoms with Gasteiger partial charge in [-0.15, -0.1) is 0 Å². The molecule has 106 valence electrons. The van der Waals surface area contributed by atoms with Gasteiger partial charge in [0.05, 0.1) is 12.2 Å². The van der Waals surface area contributed by atoms with Crippen LogP contribution in [0.1, 0.15) is 31.9 Å². The molecule has 5 heteroatoms. The molecule has 1 aromatic rings. The van der Waals surface area contributed by atoms with Gasteiger partial charge in [-0.3, -0.25) is 14.6 Å². The van der Waals surface area contributed by atoms with E-state index in [-0.39, 0.29) is 23.9 Å². The van der Waals surface area contributed by atoms with Gasteiger partial charge >= 0.3 is 0 Å². The highest BCUT2D eigenvalue weighted by molar-refractivity contribution is 5.97. The Labute approximate surface area is 118 Å². The van der Waals surface area contributed by atoms with Crippen LogP contribution in [0.4, 0.5) is 0 Å². The normalized spacial score (nSPS) is 26.6. The Kier molecular flexibility index (Phi) is 3.42. The highest BCUT2D eigenvalue weighted by Gasteiger charge is 2.46. The summed E-state index contributed by atoms with van der Waals surface area (Å²) in [5.74, 6) is 0.347. The van der Waals surface area contributed by atoms with Crippen molar-refractivity contribution in [2.24, 2.45) is 5.92 Å². The number of nitrogens with one attached hydrogen (secondary N) is 1. The van der Waals surface area contributed by atoms with Gasteiger partial charge in [-0.1, -0.05) is 13.0 Å². The van der Waals surface area contributed by atoms with Crippen LogP contribution < -0.4 is 5.32 Å². The monoisotopic (exact) mass is 273 g/mol.